The van der Waals surface area contributed by atoms with E-state index in [-0.39, 0.29) is 12.1 Å². The van der Waals surface area contributed by atoms with Crippen molar-refractivity contribution in [1.82, 2.24) is 9.62 Å². The van der Waals surface area contributed by atoms with E-state index >= 15 is 0 Å². The number of hydrogen-bond acceptors (Lipinski definition) is 4. The number of rotatable bonds is 6. The second-order valence-corrected chi connectivity index (χ2v) is 10.1. The van der Waals surface area contributed by atoms with Crippen LogP contribution in [0.5, 0.6) is 0 Å². The van der Waals surface area contributed by atoms with Crippen LogP contribution in [0.3, 0.4) is 0 Å². The van der Waals surface area contributed by atoms with Gasteiger partial charge in [0.1, 0.15) is 0 Å². The first kappa shape index (κ1) is 21.3. The zero-order valence-electron chi connectivity index (χ0n) is 17.8. The van der Waals surface area contributed by atoms with Crippen LogP contribution in [-0.4, -0.2) is 51.6 Å². The van der Waals surface area contributed by atoms with Gasteiger partial charge in [-0.05, 0) is 49.1 Å². The molecular weight excluding hydrogens is 394 g/mol. The van der Waals surface area contributed by atoms with E-state index in [1.807, 2.05) is 6.07 Å². The largest absolute Gasteiger partial charge is 0.369 e. The summed E-state index contributed by atoms with van der Waals surface area (Å²) >= 11 is 0. The molecule has 0 unspecified atom stereocenters. The van der Waals surface area contributed by atoms with Crippen molar-refractivity contribution in [3.8, 4) is 0 Å². The molecule has 0 spiro atoms. The molecular formula is C24H33N3O2S. The smallest absolute Gasteiger partial charge is 0.240 e. The molecule has 1 aliphatic heterocycles. The molecule has 5 nitrogen and oxygen atoms in total. The quantitative estimate of drug-likeness (QED) is 0.764. The number of sulfonamides is 1. The summed E-state index contributed by atoms with van der Waals surface area (Å²) in [6, 6.07) is 17.9. The Kier molecular flexibility index (Phi) is 6.76. The maximum atomic E-state index is 12.9. The van der Waals surface area contributed by atoms with Gasteiger partial charge < -0.3 is 4.90 Å². The second kappa shape index (κ2) is 9.50. The lowest BCUT2D eigenvalue weighted by Gasteiger charge is -2.44. The molecule has 0 aromatic heterocycles. The summed E-state index contributed by atoms with van der Waals surface area (Å²) in [7, 11) is -3.48. The SMILES string of the molecule is CCc1ccc(N2CCN([C@H]3CCCC[C@@H]3NS(=O)(=O)c3ccccc3)CC2)cc1. The van der Waals surface area contributed by atoms with Crippen LogP contribution in [0.1, 0.15) is 38.2 Å². The topological polar surface area (TPSA) is 52.6 Å². The van der Waals surface area contributed by atoms with Crippen LogP contribution in [0.25, 0.3) is 0 Å². The minimum Gasteiger partial charge on any atom is -0.369 e. The van der Waals surface area contributed by atoms with Gasteiger partial charge in [-0.1, -0.05) is 50.1 Å². The van der Waals surface area contributed by atoms with Gasteiger partial charge >= 0.3 is 0 Å². The van der Waals surface area contributed by atoms with Crippen LogP contribution >= 0.6 is 0 Å². The molecule has 1 saturated heterocycles. The highest BCUT2D eigenvalue weighted by atomic mass is 32.2. The average molecular weight is 428 g/mol. The van der Waals surface area contributed by atoms with E-state index in [0.717, 1.165) is 51.9 Å². The van der Waals surface area contributed by atoms with E-state index in [2.05, 4.69) is 45.7 Å². The van der Waals surface area contributed by atoms with Gasteiger partial charge in [-0.15, -0.1) is 0 Å². The molecule has 2 atom stereocenters. The molecule has 6 heteroatoms. The van der Waals surface area contributed by atoms with E-state index in [9.17, 15) is 8.42 Å². The molecule has 2 aliphatic rings. The highest BCUT2D eigenvalue weighted by molar-refractivity contribution is 7.89. The number of nitrogens with zero attached hydrogens (tertiary/aromatic N) is 2. The zero-order chi connectivity index (χ0) is 21.0. The van der Waals surface area contributed by atoms with E-state index in [0.29, 0.717) is 4.90 Å². The van der Waals surface area contributed by atoms with Gasteiger partial charge in [0.2, 0.25) is 10.0 Å². The predicted molar refractivity (Wildman–Crippen MR) is 122 cm³/mol. The molecule has 162 valence electrons. The van der Waals surface area contributed by atoms with Gasteiger partial charge in [-0.25, -0.2) is 13.1 Å². The molecule has 30 heavy (non-hydrogen) atoms. The fraction of sp³-hybridized carbons (Fsp3) is 0.500. The van der Waals surface area contributed by atoms with Crippen molar-refractivity contribution in [1.29, 1.82) is 0 Å². The third-order valence-electron chi connectivity index (χ3n) is 6.58. The molecule has 0 bridgehead atoms. The fourth-order valence-corrected chi connectivity index (χ4v) is 6.13. The monoisotopic (exact) mass is 427 g/mol. The average Bonchev–Trinajstić information content (AvgIpc) is 2.80. The number of hydrogen-bond donors (Lipinski definition) is 1. The van der Waals surface area contributed by atoms with Crippen molar-refractivity contribution >= 4 is 15.7 Å². The Hall–Kier alpha value is -1.89. The molecule has 0 radical (unpaired) electrons. The molecule has 0 amide bonds. The summed E-state index contributed by atoms with van der Waals surface area (Å²) in [5, 5.41) is 0. The Bertz CT molecular complexity index is 907. The van der Waals surface area contributed by atoms with Crippen LogP contribution in [0, 0.1) is 0 Å². The minimum absolute atomic E-state index is 0.0145. The first-order valence-electron chi connectivity index (χ1n) is 11.2. The number of piperazine rings is 1. The third-order valence-corrected chi connectivity index (χ3v) is 8.09. The first-order valence-corrected chi connectivity index (χ1v) is 12.7. The van der Waals surface area contributed by atoms with Crippen molar-refractivity contribution < 1.29 is 8.42 Å². The fourth-order valence-electron chi connectivity index (χ4n) is 4.81. The number of nitrogens with one attached hydrogen (secondary N) is 1. The summed E-state index contributed by atoms with van der Waals surface area (Å²) in [6.07, 6.45) is 5.30. The van der Waals surface area contributed by atoms with Crippen LogP contribution in [-0.2, 0) is 16.4 Å². The molecule has 1 aliphatic carbocycles. The molecule has 1 N–H and O–H groups in total. The lowest BCUT2D eigenvalue weighted by atomic mass is 9.89. The molecule has 2 aromatic rings. The lowest BCUT2D eigenvalue weighted by molar-refractivity contribution is 0.124. The maximum Gasteiger partial charge on any atom is 0.240 e. The lowest BCUT2D eigenvalue weighted by Crippen LogP contribution is -2.58. The van der Waals surface area contributed by atoms with Crippen molar-refractivity contribution in [2.75, 3.05) is 31.1 Å². The Morgan fingerprint density at radius 2 is 1.57 bits per heavy atom. The minimum atomic E-state index is -3.48. The van der Waals surface area contributed by atoms with Crippen LogP contribution in [0.2, 0.25) is 0 Å². The predicted octanol–water partition coefficient (Wildman–Crippen LogP) is 3.66. The Morgan fingerprint density at radius 3 is 2.23 bits per heavy atom. The summed E-state index contributed by atoms with van der Waals surface area (Å²) in [4.78, 5) is 5.31. The summed E-state index contributed by atoms with van der Waals surface area (Å²) < 4.78 is 28.8. The number of aryl methyl sites for hydroxylation is 1. The van der Waals surface area contributed by atoms with E-state index < -0.39 is 10.0 Å². The van der Waals surface area contributed by atoms with Crippen molar-refractivity contribution in [2.24, 2.45) is 0 Å². The molecule has 1 heterocycles. The van der Waals surface area contributed by atoms with Crippen LogP contribution in [0.4, 0.5) is 5.69 Å². The highest BCUT2D eigenvalue weighted by Crippen LogP contribution is 2.27. The molecule has 2 aromatic carbocycles. The number of anilines is 1. The zero-order valence-corrected chi connectivity index (χ0v) is 18.7. The highest BCUT2D eigenvalue weighted by Gasteiger charge is 2.34. The third kappa shape index (κ3) is 4.88. The van der Waals surface area contributed by atoms with Crippen molar-refractivity contribution in [2.45, 2.75) is 56.0 Å². The van der Waals surface area contributed by atoms with Crippen molar-refractivity contribution in [3.05, 3.63) is 60.2 Å². The maximum absolute atomic E-state index is 12.9. The molecule has 2 fully saturated rings. The van der Waals surface area contributed by atoms with Gasteiger partial charge in [0.05, 0.1) is 4.90 Å². The number of benzene rings is 2. The normalized spacial score (nSPS) is 23.4. The van der Waals surface area contributed by atoms with Crippen LogP contribution in [0.15, 0.2) is 59.5 Å². The summed E-state index contributed by atoms with van der Waals surface area (Å²) in [5.41, 5.74) is 2.66. The Balaban J connectivity index is 1.40. The second-order valence-electron chi connectivity index (χ2n) is 8.44. The van der Waals surface area contributed by atoms with Gasteiger partial charge in [-0.3, -0.25) is 4.90 Å². The molecule has 1 saturated carbocycles. The van der Waals surface area contributed by atoms with Crippen LogP contribution < -0.4 is 9.62 Å². The van der Waals surface area contributed by atoms with Crippen molar-refractivity contribution in [3.63, 3.8) is 0 Å². The van der Waals surface area contributed by atoms with Gasteiger partial charge in [-0.2, -0.15) is 0 Å². The standard InChI is InChI=1S/C24H33N3O2S/c1-2-20-12-14-21(15-13-20)26-16-18-27(19-17-26)24-11-7-6-10-23(24)25-30(28,29)22-8-4-3-5-9-22/h3-5,8-9,12-15,23-25H,2,6-7,10-11,16-19H2,1H3/t23-,24-/m0/s1. The Morgan fingerprint density at radius 1 is 0.900 bits per heavy atom. The van der Waals surface area contributed by atoms with Gasteiger partial charge in [0.15, 0.2) is 0 Å². The van der Waals surface area contributed by atoms with Gasteiger partial charge in [0.25, 0.3) is 0 Å². The molecule has 4 rings (SSSR count). The van der Waals surface area contributed by atoms with E-state index in [1.165, 1.54) is 17.7 Å². The van der Waals surface area contributed by atoms with E-state index in [4.69, 9.17) is 0 Å². The summed E-state index contributed by atoms with van der Waals surface area (Å²) in [5.74, 6) is 0. The first-order chi connectivity index (χ1) is 14.6. The van der Waals surface area contributed by atoms with Gasteiger partial charge in [0, 0.05) is 44.0 Å². The Labute approximate surface area is 181 Å². The summed E-state index contributed by atoms with van der Waals surface area (Å²) in [6.45, 7) is 6.11. The van der Waals surface area contributed by atoms with E-state index in [1.54, 1.807) is 24.3 Å².